The number of benzene rings is 1. The van der Waals surface area contributed by atoms with E-state index in [0.717, 1.165) is 5.56 Å². The van der Waals surface area contributed by atoms with E-state index in [4.69, 9.17) is 4.74 Å². The van der Waals surface area contributed by atoms with Gasteiger partial charge in [0, 0.05) is 50.4 Å². The molecule has 0 saturated heterocycles. The minimum absolute atomic E-state index is 0.0228. The quantitative estimate of drug-likeness (QED) is 0.240. The van der Waals surface area contributed by atoms with E-state index in [0.29, 0.717) is 37.1 Å². The molecule has 0 bridgehead atoms. The van der Waals surface area contributed by atoms with Crippen molar-refractivity contribution in [1.82, 2.24) is 20.3 Å². The normalized spacial score (nSPS) is 11.8. The minimum atomic E-state index is -4.71. The second-order valence-corrected chi connectivity index (χ2v) is 9.83. The summed E-state index contributed by atoms with van der Waals surface area (Å²) in [7, 11) is -2.00. The summed E-state index contributed by atoms with van der Waals surface area (Å²) in [6.45, 7) is 3.23. The largest absolute Gasteiger partial charge is 0.421 e. The molecule has 2 heterocycles. The van der Waals surface area contributed by atoms with Gasteiger partial charge in [0.1, 0.15) is 17.2 Å². The van der Waals surface area contributed by atoms with Crippen LogP contribution in [-0.4, -0.2) is 49.4 Å². The molecule has 1 aromatic carbocycles. The molecular weight excluding hydrogens is 511 g/mol. The van der Waals surface area contributed by atoms with Gasteiger partial charge in [-0.2, -0.15) is 18.2 Å². The van der Waals surface area contributed by atoms with E-state index >= 15 is 0 Å². The van der Waals surface area contributed by atoms with Gasteiger partial charge in [-0.25, -0.2) is 18.4 Å². The summed E-state index contributed by atoms with van der Waals surface area (Å²) >= 11 is 0. The third kappa shape index (κ3) is 8.55. The van der Waals surface area contributed by atoms with Crippen LogP contribution in [0.4, 0.5) is 36.4 Å². The summed E-state index contributed by atoms with van der Waals surface area (Å²) in [5.74, 6) is -0.660. The number of pyridine rings is 1. The Labute approximate surface area is 213 Å². The number of aromatic nitrogens is 3. The fraction of sp³-hybridized carbons (Fsp3) is 0.348. The molecule has 0 amide bonds. The molecule has 0 radical (unpaired) electrons. The number of halogens is 3. The Balaban J connectivity index is 1.76. The van der Waals surface area contributed by atoms with Crippen LogP contribution in [0.15, 0.2) is 48.8 Å². The van der Waals surface area contributed by atoms with Crippen molar-refractivity contribution in [3.05, 3.63) is 65.5 Å². The molecule has 10 nitrogen and oxygen atoms in total. The van der Waals surface area contributed by atoms with Crippen LogP contribution in [0.2, 0.25) is 0 Å². The van der Waals surface area contributed by atoms with Gasteiger partial charge >= 0.3 is 6.18 Å². The summed E-state index contributed by atoms with van der Waals surface area (Å²) in [6.07, 6.45) is -2.64. The monoisotopic (exact) mass is 539 g/mol. The number of ether oxygens (including phenoxy) is 1. The van der Waals surface area contributed by atoms with Crippen LogP contribution in [-0.2, 0) is 34.0 Å². The smallest absolute Gasteiger partial charge is 0.383 e. The lowest BCUT2D eigenvalue weighted by Crippen LogP contribution is -2.18. The van der Waals surface area contributed by atoms with E-state index in [2.05, 4.69) is 35.6 Å². The molecule has 0 aliphatic rings. The molecule has 0 spiro atoms. The number of hydrogen-bond acceptors (Lipinski definition) is 9. The molecule has 4 N–H and O–H groups in total. The third-order valence-corrected chi connectivity index (χ3v) is 6.35. The maximum absolute atomic E-state index is 13.6. The van der Waals surface area contributed by atoms with E-state index < -0.39 is 27.6 Å². The molecule has 3 rings (SSSR count). The number of methoxy groups -OCH3 is 1. The highest BCUT2D eigenvalue weighted by Gasteiger charge is 2.35. The molecule has 0 aliphatic heterocycles. The molecule has 37 heavy (non-hydrogen) atoms. The second kappa shape index (κ2) is 12.7. The number of anilines is 4. The zero-order valence-electron chi connectivity index (χ0n) is 20.3. The Bertz CT molecular complexity index is 1270. The SMILES string of the molecule is CCS(=O)(=O)Nc1ncccc1CNc1nc(Nc2ccc(CNCCOC)cc2)ncc1C(F)(F)F. The first-order valence-corrected chi connectivity index (χ1v) is 12.9. The average molecular weight is 540 g/mol. The number of sulfonamides is 1. The number of rotatable bonds is 13. The molecular formula is C23H28F3N7O3S. The molecule has 200 valence electrons. The Kier molecular flexibility index (Phi) is 9.60. The number of nitrogens with zero attached hydrogens (tertiary/aromatic N) is 3. The fourth-order valence-corrected chi connectivity index (χ4v) is 3.72. The number of nitrogens with one attached hydrogen (secondary N) is 4. The summed E-state index contributed by atoms with van der Waals surface area (Å²) < 4.78 is 72.0. The van der Waals surface area contributed by atoms with Gasteiger partial charge in [-0.15, -0.1) is 0 Å². The Morgan fingerprint density at radius 3 is 2.46 bits per heavy atom. The summed E-state index contributed by atoms with van der Waals surface area (Å²) in [4.78, 5) is 11.8. The van der Waals surface area contributed by atoms with Crippen molar-refractivity contribution in [3.8, 4) is 0 Å². The predicted molar refractivity (Wildman–Crippen MR) is 135 cm³/mol. The molecule has 0 aliphatic carbocycles. The van der Waals surface area contributed by atoms with Gasteiger partial charge in [-0.1, -0.05) is 18.2 Å². The molecule has 0 unspecified atom stereocenters. The van der Waals surface area contributed by atoms with Crippen LogP contribution in [0.5, 0.6) is 0 Å². The van der Waals surface area contributed by atoms with E-state index in [1.165, 1.54) is 13.1 Å². The van der Waals surface area contributed by atoms with Gasteiger partial charge < -0.3 is 20.7 Å². The predicted octanol–water partition coefficient (Wildman–Crippen LogP) is 3.74. The molecule has 0 atom stereocenters. The molecule has 0 fully saturated rings. The lowest BCUT2D eigenvalue weighted by molar-refractivity contribution is -0.137. The van der Waals surface area contributed by atoms with Crippen molar-refractivity contribution >= 4 is 33.3 Å². The van der Waals surface area contributed by atoms with Crippen LogP contribution in [0.3, 0.4) is 0 Å². The van der Waals surface area contributed by atoms with Crippen LogP contribution in [0.1, 0.15) is 23.6 Å². The number of alkyl halides is 3. The zero-order valence-corrected chi connectivity index (χ0v) is 21.1. The van der Waals surface area contributed by atoms with Gasteiger partial charge in [-0.05, 0) is 30.7 Å². The van der Waals surface area contributed by atoms with Crippen LogP contribution in [0.25, 0.3) is 0 Å². The summed E-state index contributed by atoms with van der Waals surface area (Å²) in [6, 6.07) is 10.4. The lowest BCUT2D eigenvalue weighted by Gasteiger charge is -2.16. The Morgan fingerprint density at radius 1 is 1.03 bits per heavy atom. The van der Waals surface area contributed by atoms with E-state index in [9.17, 15) is 21.6 Å². The highest BCUT2D eigenvalue weighted by atomic mass is 32.2. The standard InChI is InChI=1S/C23H28F3N7O3S/c1-3-37(34,35)33-20-17(5-4-10-28-20)14-29-21-19(23(24,25)26)15-30-22(32-21)31-18-8-6-16(7-9-18)13-27-11-12-36-2/h4-10,15,27H,3,11-14H2,1-2H3,(H,28,33)(H2,29,30,31,32). The van der Waals surface area contributed by atoms with Gasteiger partial charge in [0.25, 0.3) is 0 Å². The van der Waals surface area contributed by atoms with Gasteiger partial charge in [0.2, 0.25) is 16.0 Å². The highest BCUT2D eigenvalue weighted by Crippen LogP contribution is 2.34. The molecule has 3 aromatic rings. The summed E-state index contributed by atoms with van der Waals surface area (Å²) in [5, 5.41) is 8.76. The number of hydrogen-bond donors (Lipinski definition) is 4. The van der Waals surface area contributed by atoms with Crippen molar-refractivity contribution in [2.45, 2.75) is 26.2 Å². The molecule has 0 saturated carbocycles. The fourth-order valence-electron chi connectivity index (χ4n) is 3.10. The van der Waals surface area contributed by atoms with Crippen molar-refractivity contribution in [2.75, 3.05) is 41.4 Å². The van der Waals surface area contributed by atoms with Gasteiger partial charge in [0.15, 0.2) is 0 Å². The van der Waals surface area contributed by atoms with E-state index in [1.807, 2.05) is 12.1 Å². The van der Waals surface area contributed by atoms with E-state index in [1.54, 1.807) is 31.4 Å². The van der Waals surface area contributed by atoms with Crippen LogP contribution in [0, 0.1) is 0 Å². The maximum Gasteiger partial charge on any atom is 0.421 e. The zero-order chi connectivity index (χ0) is 26.9. The van der Waals surface area contributed by atoms with Crippen LogP contribution >= 0.6 is 0 Å². The van der Waals surface area contributed by atoms with Gasteiger partial charge in [0.05, 0.1) is 12.4 Å². The first-order valence-electron chi connectivity index (χ1n) is 11.3. The van der Waals surface area contributed by atoms with E-state index in [-0.39, 0.29) is 24.1 Å². The Hall–Kier alpha value is -3.49. The van der Waals surface area contributed by atoms with Gasteiger partial charge in [-0.3, -0.25) is 4.72 Å². The first-order chi connectivity index (χ1) is 17.6. The van der Waals surface area contributed by atoms with Crippen molar-refractivity contribution in [3.63, 3.8) is 0 Å². The lowest BCUT2D eigenvalue weighted by atomic mass is 10.2. The first kappa shape index (κ1) is 28.1. The third-order valence-electron chi connectivity index (χ3n) is 5.09. The average Bonchev–Trinajstić information content (AvgIpc) is 2.86. The second-order valence-electron chi connectivity index (χ2n) is 7.82. The van der Waals surface area contributed by atoms with Crippen LogP contribution < -0.4 is 20.7 Å². The van der Waals surface area contributed by atoms with Crippen molar-refractivity contribution < 1.29 is 26.3 Å². The highest BCUT2D eigenvalue weighted by molar-refractivity contribution is 7.92. The summed E-state index contributed by atoms with van der Waals surface area (Å²) in [5.41, 5.74) is 0.892. The molecule has 14 heteroatoms. The Morgan fingerprint density at radius 2 is 1.78 bits per heavy atom. The maximum atomic E-state index is 13.6. The van der Waals surface area contributed by atoms with Crippen molar-refractivity contribution in [1.29, 1.82) is 0 Å². The van der Waals surface area contributed by atoms with Crippen molar-refractivity contribution in [2.24, 2.45) is 0 Å². The molecule has 2 aromatic heterocycles. The topological polar surface area (TPSA) is 130 Å². The minimum Gasteiger partial charge on any atom is -0.383 e.